The number of thioether (sulfide) groups is 1. The number of hydrogen-bond acceptors (Lipinski definition) is 6. The topological polar surface area (TPSA) is 108 Å². The average Bonchev–Trinajstić information content (AvgIpc) is 3.02. The number of aryl methyl sites for hydroxylation is 1. The van der Waals surface area contributed by atoms with Gasteiger partial charge in [-0.3, -0.25) is 9.89 Å². The fourth-order valence-electron chi connectivity index (χ4n) is 2.06. The van der Waals surface area contributed by atoms with Crippen molar-refractivity contribution in [2.24, 2.45) is 0 Å². The van der Waals surface area contributed by atoms with E-state index in [-0.39, 0.29) is 18.0 Å². The van der Waals surface area contributed by atoms with Gasteiger partial charge in [0.15, 0.2) is 0 Å². The number of rotatable bonds is 9. The summed E-state index contributed by atoms with van der Waals surface area (Å²) in [6, 6.07) is 4.51. The molecule has 1 aromatic heterocycles. The Bertz CT molecular complexity index is 839. The molecule has 0 saturated heterocycles. The SMILES string of the molecule is CCN(CC(=O)NCCSc1n[nH]c(C)n1)S(=O)(=O)c1ccc(F)cc1. The summed E-state index contributed by atoms with van der Waals surface area (Å²) in [5, 5.41) is 9.94. The Hall–Kier alpha value is -1.98. The normalized spacial score (nSPS) is 11.7. The molecule has 0 spiro atoms. The van der Waals surface area contributed by atoms with Crippen LogP contribution < -0.4 is 5.32 Å². The van der Waals surface area contributed by atoms with Crippen LogP contribution in [0.5, 0.6) is 0 Å². The molecule has 8 nitrogen and oxygen atoms in total. The number of halogens is 1. The summed E-state index contributed by atoms with van der Waals surface area (Å²) in [6.45, 7) is 3.60. The van der Waals surface area contributed by atoms with Crippen molar-refractivity contribution >= 4 is 27.7 Å². The fourth-order valence-corrected chi connectivity index (χ4v) is 4.16. The van der Waals surface area contributed by atoms with Crippen LogP contribution in [-0.2, 0) is 14.8 Å². The predicted molar refractivity (Wildman–Crippen MR) is 95.7 cm³/mol. The summed E-state index contributed by atoms with van der Waals surface area (Å²) in [5.41, 5.74) is 0. The number of H-pyrrole nitrogens is 1. The van der Waals surface area contributed by atoms with Crippen molar-refractivity contribution in [2.75, 3.05) is 25.4 Å². The van der Waals surface area contributed by atoms with E-state index in [4.69, 9.17) is 0 Å². The molecule has 2 aromatic rings. The van der Waals surface area contributed by atoms with E-state index in [1.807, 2.05) is 0 Å². The molecule has 1 amide bonds. The number of aromatic amines is 1. The first-order chi connectivity index (χ1) is 12.3. The molecule has 0 aliphatic rings. The standard InChI is InChI=1S/C15H20FN5O3S2/c1-3-21(26(23,24)13-6-4-12(16)5-7-13)10-14(22)17-8-9-25-15-18-11(2)19-20-15/h4-7H,3,8-10H2,1-2H3,(H,17,22)(H,18,19,20). The molecule has 2 N–H and O–H groups in total. The molecule has 1 heterocycles. The van der Waals surface area contributed by atoms with Gasteiger partial charge in [0.2, 0.25) is 21.1 Å². The highest BCUT2D eigenvalue weighted by atomic mass is 32.2. The molecule has 0 radical (unpaired) electrons. The number of carbonyl (C=O) groups excluding carboxylic acids is 1. The predicted octanol–water partition coefficient (Wildman–Crippen LogP) is 1.17. The maximum atomic E-state index is 13.0. The number of benzene rings is 1. The third kappa shape index (κ3) is 5.51. The van der Waals surface area contributed by atoms with Crippen molar-refractivity contribution in [3.8, 4) is 0 Å². The fraction of sp³-hybridized carbons (Fsp3) is 0.400. The van der Waals surface area contributed by atoms with Crippen LogP contribution in [0.1, 0.15) is 12.7 Å². The van der Waals surface area contributed by atoms with E-state index in [0.29, 0.717) is 23.3 Å². The summed E-state index contributed by atoms with van der Waals surface area (Å²) < 4.78 is 39.1. The summed E-state index contributed by atoms with van der Waals surface area (Å²) in [7, 11) is -3.86. The zero-order chi connectivity index (χ0) is 19.2. The van der Waals surface area contributed by atoms with Crippen molar-refractivity contribution in [1.29, 1.82) is 0 Å². The van der Waals surface area contributed by atoms with Gasteiger partial charge >= 0.3 is 0 Å². The molecule has 1 aromatic carbocycles. The molecule has 0 aliphatic heterocycles. The molecule has 0 bridgehead atoms. The van der Waals surface area contributed by atoms with Gasteiger partial charge in [0.05, 0.1) is 11.4 Å². The third-order valence-electron chi connectivity index (χ3n) is 3.36. The summed E-state index contributed by atoms with van der Waals surface area (Å²) in [4.78, 5) is 16.1. The van der Waals surface area contributed by atoms with Crippen LogP contribution in [0.2, 0.25) is 0 Å². The minimum atomic E-state index is -3.86. The number of nitrogens with zero attached hydrogens (tertiary/aromatic N) is 3. The number of nitrogens with one attached hydrogen (secondary N) is 2. The second-order valence-corrected chi connectivity index (χ2v) is 8.29. The Kier molecular flexibility index (Phi) is 7.12. The molecular formula is C15H20FN5O3S2. The second kappa shape index (κ2) is 9.10. The number of carbonyl (C=O) groups is 1. The number of likely N-dealkylation sites (N-methyl/N-ethyl adjacent to an activating group) is 1. The highest BCUT2D eigenvalue weighted by molar-refractivity contribution is 7.99. The van der Waals surface area contributed by atoms with Gasteiger partial charge in [-0.15, -0.1) is 5.10 Å². The van der Waals surface area contributed by atoms with Crippen LogP contribution in [-0.4, -0.2) is 59.2 Å². The van der Waals surface area contributed by atoms with Gasteiger partial charge in [-0.2, -0.15) is 4.31 Å². The molecule has 0 aliphatic carbocycles. The lowest BCUT2D eigenvalue weighted by Gasteiger charge is -2.20. The van der Waals surface area contributed by atoms with Crippen LogP contribution in [0.15, 0.2) is 34.3 Å². The Morgan fingerprint density at radius 2 is 2.04 bits per heavy atom. The monoisotopic (exact) mass is 401 g/mol. The van der Waals surface area contributed by atoms with Crippen LogP contribution in [0.4, 0.5) is 4.39 Å². The number of hydrogen-bond donors (Lipinski definition) is 2. The lowest BCUT2D eigenvalue weighted by atomic mass is 10.4. The lowest BCUT2D eigenvalue weighted by molar-refractivity contribution is -0.121. The molecule has 0 saturated carbocycles. The van der Waals surface area contributed by atoms with E-state index in [9.17, 15) is 17.6 Å². The minimum absolute atomic E-state index is 0.0518. The van der Waals surface area contributed by atoms with Crippen LogP contribution >= 0.6 is 11.8 Å². The van der Waals surface area contributed by atoms with E-state index in [2.05, 4.69) is 20.5 Å². The van der Waals surface area contributed by atoms with Gasteiger partial charge in [0.1, 0.15) is 11.6 Å². The highest BCUT2D eigenvalue weighted by Gasteiger charge is 2.25. The smallest absolute Gasteiger partial charge is 0.243 e. The molecule has 142 valence electrons. The molecule has 26 heavy (non-hydrogen) atoms. The largest absolute Gasteiger partial charge is 0.354 e. The molecule has 2 rings (SSSR count). The quantitative estimate of drug-likeness (QED) is 0.482. The third-order valence-corrected chi connectivity index (χ3v) is 6.14. The summed E-state index contributed by atoms with van der Waals surface area (Å²) >= 11 is 1.38. The zero-order valence-electron chi connectivity index (χ0n) is 14.4. The Labute approximate surface area is 155 Å². The van der Waals surface area contributed by atoms with Gasteiger partial charge < -0.3 is 5.32 Å². The Balaban J connectivity index is 1.86. The van der Waals surface area contributed by atoms with Crippen molar-refractivity contribution in [3.63, 3.8) is 0 Å². The molecule has 11 heteroatoms. The maximum absolute atomic E-state index is 13.0. The van der Waals surface area contributed by atoms with E-state index in [1.165, 1.54) is 23.9 Å². The van der Waals surface area contributed by atoms with Gasteiger partial charge in [-0.05, 0) is 31.2 Å². The number of aromatic nitrogens is 3. The average molecular weight is 401 g/mol. The van der Waals surface area contributed by atoms with E-state index in [0.717, 1.165) is 16.4 Å². The van der Waals surface area contributed by atoms with Gasteiger partial charge in [-0.25, -0.2) is 17.8 Å². The first-order valence-corrected chi connectivity index (χ1v) is 10.3. The zero-order valence-corrected chi connectivity index (χ0v) is 16.0. The molecular weight excluding hydrogens is 381 g/mol. The molecule has 0 fully saturated rings. The van der Waals surface area contributed by atoms with Crippen LogP contribution in [0.3, 0.4) is 0 Å². The van der Waals surface area contributed by atoms with Gasteiger partial charge in [0, 0.05) is 18.8 Å². The van der Waals surface area contributed by atoms with Crippen LogP contribution in [0, 0.1) is 12.7 Å². The van der Waals surface area contributed by atoms with Gasteiger partial charge in [0.25, 0.3) is 0 Å². The molecule has 0 unspecified atom stereocenters. The molecule has 0 atom stereocenters. The first kappa shape index (κ1) is 20.3. The Morgan fingerprint density at radius 3 is 2.62 bits per heavy atom. The first-order valence-electron chi connectivity index (χ1n) is 7.87. The van der Waals surface area contributed by atoms with Crippen molar-refractivity contribution in [2.45, 2.75) is 23.9 Å². The maximum Gasteiger partial charge on any atom is 0.243 e. The van der Waals surface area contributed by atoms with E-state index in [1.54, 1.807) is 13.8 Å². The Morgan fingerprint density at radius 1 is 1.35 bits per heavy atom. The van der Waals surface area contributed by atoms with Crippen molar-refractivity contribution < 1.29 is 17.6 Å². The van der Waals surface area contributed by atoms with Crippen molar-refractivity contribution in [3.05, 3.63) is 35.9 Å². The number of amides is 1. The summed E-state index contributed by atoms with van der Waals surface area (Å²) in [6.07, 6.45) is 0. The highest BCUT2D eigenvalue weighted by Crippen LogP contribution is 2.16. The summed E-state index contributed by atoms with van der Waals surface area (Å²) in [5.74, 6) is 0.328. The lowest BCUT2D eigenvalue weighted by Crippen LogP contribution is -2.41. The van der Waals surface area contributed by atoms with E-state index < -0.39 is 21.7 Å². The van der Waals surface area contributed by atoms with E-state index >= 15 is 0 Å². The second-order valence-electron chi connectivity index (χ2n) is 5.29. The minimum Gasteiger partial charge on any atom is -0.354 e. The number of sulfonamides is 1. The van der Waals surface area contributed by atoms with Gasteiger partial charge in [-0.1, -0.05) is 18.7 Å². The van der Waals surface area contributed by atoms with Crippen LogP contribution in [0.25, 0.3) is 0 Å². The van der Waals surface area contributed by atoms with Crippen molar-refractivity contribution in [1.82, 2.24) is 24.8 Å².